The summed E-state index contributed by atoms with van der Waals surface area (Å²) >= 11 is 0. The van der Waals surface area contributed by atoms with Gasteiger partial charge in [0.2, 0.25) is 0 Å². The van der Waals surface area contributed by atoms with Gasteiger partial charge in [-0.2, -0.15) is 0 Å². The van der Waals surface area contributed by atoms with E-state index in [-0.39, 0.29) is 13.2 Å². The van der Waals surface area contributed by atoms with Crippen LogP contribution in [0.2, 0.25) is 0 Å². The van der Waals surface area contributed by atoms with E-state index in [1.165, 1.54) is 5.56 Å². The van der Waals surface area contributed by atoms with Gasteiger partial charge in [-0.1, -0.05) is 18.2 Å². The van der Waals surface area contributed by atoms with Gasteiger partial charge in [-0.15, -0.1) is 0 Å². The number of benzene rings is 2. The summed E-state index contributed by atoms with van der Waals surface area (Å²) in [5.74, 6) is 0.453. The first-order chi connectivity index (χ1) is 11.0. The maximum atomic E-state index is 11.1. The Morgan fingerprint density at radius 3 is 2.70 bits per heavy atom. The monoisotopic (exact) mass is 310 g/mol. The molecule has 0 bridgehead atoms. The summed E-state index contributed by atoms with van der Waals surface area (Å²) in [5, 5.41) is 9.13. The lowest BCUT2D eigenvalue weighted by Crippen LogP contribution is -2.13. The molecule has 0 fully saturated rings. The molecule has 0 aliphatic carbocycles. The first kappa shape index (κ1) is 15.1. The molecule has 0 aliphatic heterocycles. The van der Waals surface area contributed by atoms with Crippen molar-refractivity contribution < 1.29 is 14.6 Å². The Balaban J connectivity index is 1.89. The van der Waals surface area contributed by atoms with Gasteiger partial charge in [-0.25, -0.2) is 4.98 Å². The fourth-order valence-electron chi connectivity index (χ4n) is 2.50. The molecular formula is C18H18N2O3. The van der Waals surface area contributed by atoms with Gasteiger partial charge in [0.15, 0.2) is 0 Å². The second kappa shape index (κ2) is 6.12. The molecule has 0 atom stereocenters. The van der Waals surface area contributed by atoms with Crippen LogP contribution in [0.3, 0.4) is 0 Å². The lowest BCUT2D eigenvalue weighted by atomic mass is 10.1. The highest BCUT2D eigenvalue weighted by Gasteiger charge is 2.13. The third-order valence-corrected chi connectivity index (χ3v) is 3.87. The third kappa shape index (κ3) is 3.18. The lowest BCUT2D eigenvalue weighted by Gasteiger charge is -2.10. The number of ether oxygens (including phenoxy) is 1. The van der Waals surface area contributed by atoms with Crippen molar-refractivity contribution in [2.75, 3.05) is 0 Å². The Kier molecular flexibility index (Phi) is 4.02. The Bertz CT molecular complexity index is 868. The van der Waals surface area contributed by atoms with E-state index in [2.05, 4.69) is 4.98 Å². The highest BCUT2D eigenvalue weighted by atomic mass is 16.5. The van der Waals surface area contributed by atoms with Gasteiger partial charge in [0.05, 0.1) is 11.0 Å². The van der Waals surface area contributed by atoms with Gasteiger partial charge >= 0.3 is 5.97 Å². The number of para-hydroxylation sites is 2. The van der Waals surface area contributed by atoms with Crippen molar-refractivity contribution >= 4 is 17.0 Å². The van der Waals surface area contributed by atoms with Gasteiger partial charge in [0.25, 0.3) is 0 Å². The highest BCUT2D eigenvalue weighted by molar-refractivity contribution is 5.78. The molecule has 1 heterocycles. The average Bonchev–Trinajstić information content (AvgIpc) is 2.86. The van der Waals surface area contributed by atoms with Crippen LogP contribution >= 0.6 is 0 Å². The number of carboxylic acid groups (broad SMARTS) is 1. The van der Waals surface area contributed by atoms with E-state index in [1.54, 1.807) is 4.57 Å². The summed E-state index contributed by atoms with van der Waals surface area (Å²) in [5.41, 5.74) is 3.93. The largest absolute Gasteiger partial charge is 0.486 e. The van der Waals surface area contributed by atoms with Gasteiger partial charge in [-0.3, -0.25) is 4.79 Å². The first-order valence-electron chi connectivity index (χ1n) is 7.40. The summed E-state index contributed by atoms with van der Waals surface area (Å²) < 4.78 is 7.48. The van der Waals surface area contributed by atoms with Gasteiger partial charge in [0, 0.05) is 0 Å². The molecule has 3 rings (SSSR count). The van der Waals surface area contributed by atoms with Gasteiger partial charge in [-0.05, 0) is 49.2 Å². The number of rotatable bonds is 5. The average molecular weight is 310 g/mol. The number of hydrogen-bond donors (Lipinski definition) is 1. The van der Waals surface area contributed by atoms with Crippen LogP contribution in [-0.2, 0) is 17.9 Å². The van der Waals surface area contributed by atoms with E-state index in [4.69, 9.17) is 9.84 Å². The molecule has 5 heteroatoms. The quantitative estimate of drug-likeness (QED) is 0.785. The second-order valence-corrected chi connectivity index (χ2v) is 5.53. The van der Waals surface area contributed by atoms with Crippen LogP contribution in [0.25, 0.3) is 11.0 Å². The summed E-state index contributed by atoms with van der Waals surface area (Å²) in [4.78, 5) is 15.6. The van der Waals surface area contributed by atoms with Crippen LogP contribution in [0, 0.1) is 13.8 Å². The molecule has 23 heavy (non-hydrogen) atoms. The van der Waals surface area contributed by atoms with Crippen molar-refractivity contribution in [2.24, 2.45) is 0 Å². The molecule has 0 amide bonds. The zero-order valence-electron chi connectivity index (χ0n) is 13.1. The molecule has 0 saturated carbocycles. The van der Waals surface area contributed by atoms with Crippen LogP contribution in [0.5, 0.6) is 5.75 Å². The standard InChI is InChI=1S/C18H18N2O3/c1-12-7-8-14(9-13(12)2)23-11-17-19-15-5-3-4-6-16(15)20(17)10-18(21)22/h3-9H,10-11H2,1-2H3,(H,21,22). The number of carbonyl (C=O) groups is 1. The number of aromatic nitrogens is 2. The minimum absolute atomic E-state index is 0.133. The minimum atomic E-state index is -0.902. The molecule has 5 nitrogen and oxygen atoms in total. The van der Waals surface area contributed by atoms with Crippen molar-refractivity contribution in [1.29, 1.82) is 0 Å². The van der Waals surface area contributed by atoms with Crippen molar-refractivity contribution in [3.63, 3.8) is 0 Å². The van der Waals surface area contributed by atoms with Gasteiger partial charge < -0.3 is 14.4 Å². The predicted octanol–water partition coefficient (Wildman–Crippen LogP) is 3.32. The topological polar surface area (TPSA) is 64.4 Å². The highest BCUT2D eigenvalue weighted by Crippen LogP contribution is 2.20. The molecule has 0 unspecified atom stereocenters. The summed E-state index contributed by atoms with van der Waals surface area (Å²) in [7, 11) is 0. The number of imidazole rings is 1. The molecule has 0 spiro atoms. The van der Waals surface area contributed by atoms with E-state index < -0.39 is 5.97 Å². The number of nitrogens with zero attached hydrogens (tertiary/aromatic N) is 2. The number of carboxylic acids is 1. The fraction of sp³-hybridized carbons (Fsp3) is 0.222. The number of aryl methyl sites for hydroxylation is 2. The molecule has 0 aliphatic rings. The normalized spacial score (nSPS) is 10.9. The van der Waals surface area contributed by atoms with Crippen LogP contribution in [0.15, 0.2) is 42.5 Å². The molecule has 1 N–H and O–H groups in total. The Labute approximate surface area is 134 Å². The Hall–Kier alpha value is -2.82. The van der Waals surface area contributed by atoms with E-state index in [9.17, 15) is 4.79 Å². The number of aliphatic carboxylic acids is 1. The third-order valence-electron chi connectivity index (χ3n) is 3.87. The minimum Gasteiger partial charge on any atom is -0.486 e. The SMILES string of the molecule is Cc1ccc(OCc2nc3ccccc3n2CC(=O)O)cc1C. The maximum absolute atomic E-state index is 11.1. The van der Waals surface area contributed by atoms with E-state index in [0.717, 1.165) is 22.3 Å². The zero-order valence-corrected chi connectivity index (χ0v) is 13.1. The maximum Gasteiger partial charge on any atom is 0.323 e. The fourth-order valence-corrected chi connectivity index (χ4v) is 2.50. The summed E-state index contributed by atoms with van der Waals surface area (Å²) in [6.07, 6.45) is 0. The molecule has 3 aromatic rings. The molecule has 118 valence electrons. The van der Waals surface area contributed by atoms with Crippen LogP contribution in [-0.4, -0.2) is 20.6 Å². The van der Waals surface area contributed by atoms with Crippen LogP contribution in [0.1, 0.15) is 17.0 Å². The van der Waals surface area contributed by atoms with Crippen LogP contribution < -0.4 is 4.74 Å². The number of hydrogen-bond acceptors (Lipinski definition) is 3. The van der Waals surface area contributed by atoms with Gasteiger partial charge in [0.1, 0.15) is 24.7 Å². The van der Waals surface area contributed by atoms with Crippen molar-refractivity contribution in [2.45, 2.75) is 27.0 Å². The van der Waals surface area contributed by atoms with E-state index >= 15 is 0 Å². The smallest absolute Gasteiger partial charge is 0.323 e. The van der Waals surface area contributed by atoms with E-state index in [0.29, 0.717) is 5.82 Å². The predicted molar refractivity (Wildman–Crippen MR) is 87.6 cm³/mol. The number of fused-ring (bicyclic) bond motifs is 1. The van der Waals surface area contributed by atoms with Crippen LogP contribution in [0.4, 0.5) is 0 Å². The molecule has 2 aromatic carbocycles. The zero-order chi connectivity index (χ0) is 16.4. The van der Waals surface area contributed by atoms with Crippen molar-refractivity contribution in [3.05, 3.63) is 59.4 Å². The first-order valence-corrected chi connectivity index (χ1v) is 7.40. The summed E-state index contributed by atoms with van der Waals surface area (Å²) in [6.45, 7) is 4.17. The molecule has 0 radical (unpaired) electrons. The Morgan fingerprint density at radius 2 is 1.96 bits per heavy atom. The molecular weight excluding hydrogens is 292 g/mol. The lowest BCUT2D eigenvalue weighted by molar-refractivity contribution is -0.137. The second-order valence-electron chi connectivity index (χ2n) is 5.53. The van der Waals surface area contributed by atoms with Crippen molar-refractivity contribution in [3.8, 4) is 5.75 Å². The summed E-state index contributed by atoms with van der Waals surface area (Å²) in [6, 6.07) is 13.4. The Morgan fingerprint density at radius 1 is 1.17 bits per heavy atom. The van der Waals surface area contributed by atoms with E-state index in [1.807, 2.05) is 56.3 Å². The van der Waals surface area contributed by atoms with Crippen molar-refractivity contribution in [1.82, 2.24) is 9.55 Å². The molecule has 1 aromatic heterocycles. The molecule has 0 saturated heterocycles.